The Balaban J connectivity index is 1.04. The van der Waals surface area contributed by atoms with E-state index in [1.54, 1.807) is 0 Å². The lowest BCUT2D eigenvalue weighted by Crippen LogP contribution is -2.48. The van der Waals surface area contributed by atoms with Gasteiger partial charge in [0.05, 0.1) is 6.04 Å². The van der Waals surface area contributed by atoms with Crippen LogP contribution >= 0.6 is 11.6 Å². The molecule has 0 radical (unpaired) electrons. The summed E-state index contributed by atoms with van der Waals surface area (Å²) in [5, 5.41) is 0.768. The number of carbonyl (C=O) groups is 2. The highest BCUT2D eigenvalue weighted by molar-refractivity contribution is 6.30. The lowest BCUT2D eigenvalue weighted by atomic mass is 9.78. The normalized spacial score (nSPS) is 25.2. The Morgan fingerprint density at radius 3 is 2.23 bits per heavy atom. The van der Waals surface area contributed by atoms with Crippen molar-refractivity contribution in [3.05, 3.63) is 70.7 Å². The van der Waals surface area contributed by atoms with E-state index in [1.807, 2.05) is 40.9 Å². The maximum Gasteiger partial charge on any atom is 0.320 e. The van der Waals surface area contributed by atoms with Crippen LogP contribution in [0.1, 0.15) is 62.0 Å². The topological polar surface area (TPSA) is 47.1 Å². The molecular weight excluding hydrogens is 520 g/mol. The molecule has 2 aromatic rings. The number of likely N-dealkylation sites (tertiary alicyclic amines) is 2. The van der Waals surface area contributed by atoms with Crippen LogP contribution < -0.4 is 0 Å². The van der Waals surface area contributed by atoms with Crippen LogP contribution in [0.25, 0.3) is 0 Å². The molecule has 0 aromatic heterocycles. The number of nitrogens with zero attached hydrogens (tertiary/aromatic N) is 4. The fourth-order valence-electron chi connectivity index (χ4n) is 6.97. The standard InChI is InChI=1S/C33H45ClN4O2/c1-35(32(39)28-12-10-26(11-13-28)27-14-16-29(34)17-15-27)31-19-22-38(24-31)33(40)36(2)30-18-21-37(23-30)20-6-9-25-7-4-3-5-8-25/h3-5,7-8,14-17,26,28,30-31H,6,9-13,18-24H2,1-2H3. The number of halogens is 1. The van der Waals surface area contributed by atoms with Gasteiger partial charge >= 0.3 is 6.03 Å². The van der Waals surface area contributed by atoms with E-state index in [1.165, 1.54) is 11.1 Å². The van der Waals surface area contributed by atoms with E-state index >= 15 is 0 Å². The molecule has 7 heteroatoms. The van der Waals surface area contributed by atoms with E-state index in [9.17, 15) is 9.59 Å². The molecule has 0 N–H and O–H groups in total. The Labute approximate surface area is 245 Å². The van der Waals surface area contributed by atoms with Crippen molar-refractivity contribution < 1.29 is 9.59 Å². The Morgan fingerprint density at radius 1 is 0.825 bits per heavy atom. The molecular formula is C33H45ClN4O2. The van der Waals surface area contributed by atoms with E-state index in [2.05, 4.69) is 47.4 Å². The molecule has 3 aliphatic rings. The number of amides is 3. The van der Waals surface area contributed by atoms with Crippen molar-refractivity contribution in [1.82, 2.24) is 19.6 Å². The largest absolute Gasteiger partial charge is 0.341 e. The van der Waals surface area contributed by atoms with Crippen LogP contribution in [0, 0.1) is 5.92 Å². The first-order valence-electron chi connectivity index (χ1n) is 15.2. The molecule has 40 heavy (non-hydrogen) atoms. The van der Waals surface area contributed by atoms with Crippen LogP contribution in [0.5, 0.6) is 0 Å². The van der Waals surface area contributed by atoms with Crippen molar-refractivity contribution >= 4 is 23.5 Å². The van der Waals surface area contributed by atoms with Gasteiger partial charge in [-0.05, 0) is 87.1 Å². The number of aryl methyl sites for hydroxylation is 1. The van der Waals surface area contributed by atoms with Crippen LogP contribution in [0.2, 0.25) is 5.02 Å². The number of rotatable bonds is 8. The second-order valence-electron chi connectivity index (χ2n) is 12.2. The number of likely N-dealkylation sites (N-methyl/N-ethyl adjacent to an activating group) is 2. The summed E-state index contributed by atoms with van der Waals surface area (Å²) < 4.78 is 0. The summed E-state index contributed by atoms with van der Waals surface area (Å²) in [6, 6.07) is 19.3. The second-order valence-corrected chi connectivity index (χ2v) is 12.6. The van der Waals surface area contributed by atoms with E-state index in [0.717, 1.165) is 82.6 Å². The zero-order valence-corrected chi connectivity index (χ0v) is 24.9. The van der Waals surface area contributed by atoms with E-state index in [4.69, 9.17) is 11.6 Å². The first kappa shape index (κ1) is 28.9. The maximum atomic E-state index is 13.4. The van der Waals surface area contributed by atoms with Gasteiger partial charge in [-0.25, -0.2) is 4.79 Å². The average Bonchev–Trinajstić information content (AvgIpc) is 3.67. The summed E-state index contributed by atoms with van der Waals surface area (Å²) >= 11 is 6.05. The number of hydrogen-bond donors (Lipinski definition) is 0. The lowest BCUT2D eigenvalue weighted by molar-refractivity contribution is -0.137. The number of urea groups is 1. The summed E-state index contributed by atoms with van der Waals surface area (Å²) in [5.41, 5.74) is 2.72. The maximum absolute atomic E-state index is 13.4. The van der Waals surface area contributed by atoms with Gasteiger partial charge in [-0.15, -0.1) is 0 Å². The summed E-state index contributed by atoms with van der Waals surface area (Å²) in [6.45, 7) is 4.44. The summed E-state index contributed by atoms with van der Waals surface area (Å²) in [6.07, 6.45) is 8.07. The van der Waals surface area contributed by atoms with Crippen LogP contribution in [0.3, 0.4) is 0 Å². The number of hydrogen-bond acceptors (Lipinski definition) is 3. The Hall–Kier alpha value is -2.57. The molecule has 2 saturated heterocycles. The third-order valence-electron chi connectivity index (χ3n) is 9.63. The summed E-state index contributed by atoms with van der Waals surface area (Å²) in [7, 11) is 3.90. The highest BCUT2D eigenvalue weighted by atomic mass is 35.5. The highest BCUT2D eigenvalue weighted by Crippen LogP contribution is 2.37. The van der Waals surface area contributed by atoms with Crippen molar-refractivity contribution in [2.75, 3.05) is 46.8 Å². The first-order valence-corrected chi connectivity index (χ1v) is 15.6. The van der Waals surface area contributed by atoms with Gasteiger partial charge in [0, 0.05) is 57.3 Å². The smallest absolute Gasteiger partial charge is 0.320 e. The van der Waals surface area contributed by atoms with Crippen LogP contribution in [-0.2, 0) is 11.2 Å². The van der Waals surface area contributed by atoms with Crippen molar-refractivity contribution in [3.8, 4) is 0 Å². The molecule has 2 heterocycles. The Kier molecular flexibility index (Phi) is 9.69. The minimum absolute atomic E-state index is 0.0901. The number of carbonyl (C=O) groups excluding carboxylic acids is 2. The Morgan fingerprint density at radius 2 is 1.50 bits per heavy atom. The predicted molar refractivity (Wildman–Crippen MR) is 162 cm³/mol. The molecule has 1 aliphatic carbocycles. The minimum Gasteiger partial charge on any atom is -0.341 e. The lowest BCUT2D eigenvalue weighted by Gasteiger charge is -2.34. The van der Waals surface area contributed by atoms with Gasteiger partial charge < -0.3 is 19.6 Å². The molecule has 1 saturated carbocycles. The zero-order chi connectivity index (χ0) is 28.1. The van der Waals surface area contributed by atoms with Crippen LogP contribution in [0.4, 0.5) is 4.79 Å². The molecule has 2 unspecified atom stereocenters. The molecule has 6 nitrogen and oxygen atoms in total. The van der Waals surface area contributed by atoms with Crippen molar-refractivity contribution in [3.63, 3.8) is 0 Å². The third kappa shape index (κ3) is 7.01. The van der Waals surface area contributed by atoms with Gasteiger partial charge in [0.2, 0.25) is 5.91 Å². The molecule has 2 atom stereocenters. The minimum atomic E-state index is 0.0901. The fraction of sp³-hybridized carbons (Fsp3) is 0.576. The monoisotopic (exact) mass is 564 g/mol. The predicted octanol–water partition coefficient (Wildman–Crippen LogP) is 5.91. The summed E-state index contributed by atoms with van der Waals surface area (Å²) in [4.78, 5) is 35.2. The van der Waals surface area contributed by atoms with Gasteiger partial charge in [-0.1, -0.05) is 54.1 Å². The summed E-state index contributed by atoms with van der Waals surface area (Å²) in [5.74, 6) is 0.855. The van der Waals surface area contributed by atoms with Crippen molar-refractivity contribution in [2.45, 2.75) is 69.4 Å². The van der Waals surface area contributed by atoms with E-state index in [0.29, 0.717) is 12.5 Å². The van der Waals surface area contributed by atoms with Gasteiger partial charge in [0.15, 0.2) is 0 Å². The average molecular weight is 565 g/mol. The molecule has 5 rings (SSSR count). The van der Waals surface area contributed by atoms with Gasteiger partial charge in [0.1, 0.15) is 0 Å². The molecule has 3 fully saturated rings. The Bertz CT molecular complexity index is 1120. The molecule has 0 bridgehead atoms. The molecule has 2 aliphatic heterocycles. The first-order chi connectivity index (χ1) is 19.4. The highest BCUT2D eigenvalue weighted by Gasteiger charge is 2.37. The van der Waals surface area contributed by atoms with E-state index < -0.39 is 0 Å². The molecule has 216 valence electrons. The molecule has 0 spiro atoms. The van der Waals surface area contributed by atoms with Gasteiger partial charge in [-0.2, -0.15) is 0 Å². The van der Waals surface area contributed by atoms with Gasteiger partial charge in [-0.3, -0.25) is 4.79 Å². The zero-order valence-electron chi connectivity index (χ0n) is 24.2. The second kappa shape index (κ2) is 13.4. The number of benzene rings is 2. The molecule has 2 aromatic carbocycles. The van der Waals surface area contributed by atoms with Crippen molar-refractivity contribution in [1.29, 1.82) is 0 Å². The fourth-order valence-corrected chi connectivity index (χ4v) is 7.10. The van der Waals surface area contributed by atoms with E-state index in [-0.39, 0.29) is 29.9 Å². The quantitative estimate of drug-likeness (QED) is 0.401. The van der Waals surface area contributed by atoms with Crippen molar-refractivity contribution in [2.24, 2.45) is 5.92 Å². The van der Waals surface area contributed by atoms with Crippen LogP contribution in [0.15, 0.2) is 54.6 Å². The van der Waals surface area contributed by atoms with Crippen LogP contribution in [-0.4, -0.2) is 90.4 Å². The SMILES string of the molecule is CN(C(=O)C1CCC(c2ccc(Cl)cc2)CC1)C1CCN(C(=O)N(C)C2CCN(CCCc3ccccc3)C2)C1. The van der Waals surface area contributed by atoms with Gasteiger partial charge in [0.25, 0.3) is 0 Å². The molecule has 3 amide bonds. The third-order valence-corrected chi connectivity index (χ3v) is 9.88.